The topological polar surface area (TPSA) is 0 Å². The molecule has 0 N–H and O–H groups in total. The van der Waals surface area contributed by atoms with Crippen LogP contribution in [0.1, 0.15) is 22.3 Å². The Bertz CT molecular complexity index is 657. The molecule has 31 heavy (non-hydrogen) atoms. The van der Waals surface area contributed by atoms with Gasteiger partial charge in [-0.15, -0.1) is 27.1 Å². The average molecular weight is 1110 g/mol. The molecule has 0 bridgehead atoms. The van der Waals surface area contributed by atoms with Crippen LogP contribution in [0, 0.1) is 13.8 Å². The van der Waals surface area contributed by atoms with Crippen LogP contribution in [0.3, 0.4) is 0 Å². The Morgan fingerprint density at radius 3 is 1.39 bits per heavy atom. The first-order valence-electron chi connectivity index (χ1n) is 7.65. The molecule has 2 rings (SSSR count). The summed E-state index contributed by atoms with van der Waals surface area (Å²) in [7, 11) is 9.70. The fraction of sp³-hybridized carbons (Fsp3) is 0.222. The second-order valence-corrected chi connectivity index (χ2v) is 15.5. The minimum atomic E-state index is -0.0402. The van der Waals surface area contributed by atoms with Gasteiger partial charge in [-0.05, 0) is 28.4 Å². The molecule has 0 aromatic heterocycles. The Labute approximate surface area is 402 Å². The maximum Gasteiger partial charge on any atom is 0.000652 e. The summed E-state index contributed by atoms with van der Waals surface area (Å²) in [5, 5.41) is 0. The maximum absolute atomic E-state index is 4.17. The minimum Gasteiger partial charge on any atom is -0.339 e. The number of hydrogen-bond donors (Lipinski definition) is 0. The third-order valence-corrected chi connectivity index (χ3v) is 14.5. The predicted octanol–water partition coefficient (Wildman–Crippen LogP) is 6.62. The zero-order chi connectivity index (χ0) is 16.8. The monoisotopic (exact) mass is 1110 g/mol. The van der Waals surface area contributed by atoms with Crippen molar-refractivity contribution in [1.82, 2.24) is 0 Å². The summed E-state index contributed by atoms with van der Waals surface area (Å²) in [6, 6.07) is 13.3. The van der Waals surface area contributed by atoms with Crippen LogP contribution in [0.2, 0.25) is 0 Å². The van der Waals surface area contributed by atoms with Crippen molar-refractivity contribution in [3.05, 3.63) is 72.5 Å². The molecule has 0 aliphatic rings. The van der Waals surface area contributed by atoms with E-state index in [4.69, 9.17) is 0 Å². The van der Waals surface area contributed by atoms with Crippen molar-refractivity contribution in [3.63, 3.8) is 0 Å². The predicted molar refractivity (Wildman–Crippen MR) is 122 cm³/mol. The Balaban J connectivity index is -0.000000144. The Morgan fingerprint density at radius 2 is 1.03 bits per heavy atom. The van der Waals surface area contributed by atoms with Gasteiger partial charge in [0.05, 0.1) is 0 Å². The normalized spacial score (nSPS) is 9.58. The summed E-state index contributed by atoms with van der Waals surface area (Å²) in [6.07, 6.45) is 3.75. The number of rotatable bonds is 7. The van der Waals surface area contributed by atoms with Crippen LogP contribution < -0.4 is 0 Å². The summed E-state index contributed by atoms with van der Waals surface area (Å²) in [5.41, 5.74) is 8.35. The molecule has 0 saturated heterocycles. The molecular weight excluding hydrogens is 1080 g/mol. The van der Waals surface area contributed by atoms with Crippen LogP contribution >= 0.6 is 42.4 Å². The van der Waals surface area contributed by atoms with Gasteiger partial charge in [0.15, 0.2) is 0 Å². The van der Waals surface area contributed by atoms with Gasteiger partial charge in [-0.2, -0.15) is 12.8 Å². The van der Waals surface area contributed by atoms with Crippen molar-refractivity contribution in [1.29, 1.82) is 0 Å². The van der Waals surface area contributed by atoms with Crippen LogP contribution in [0.25, 0.3) is 11.1 Å². The fourth-order valence-corrected chi connectivity index (χ4v) is 6.16. The van der Waals surface area contributed by atoms with Crippen LogP contribution in [-0.2, 0) is 287 Å². The van der Waals surface area contributed by atoms with Gasteiger partial charge in [-0.3, -0.25) is 0 Å². The molecule has 2 aromatic carbocycles. The van der Waals surface area contributed by atoms with Crippen molar-refractivity contribution in [2.45, 2.75) is 25.2 Å². The summed E-state index contributed by atoms with van der Waals surface area (Å²) in [4.78, 5) is 0. The van der Waals surface area contributed by atoms with Gasteiger partial charge in [0.25, 0.3) is 0 Å². The van der Waals surface area contributed by atoms with Crippen LogP contribution in [-0.4, -0.2) is 0 Å². The van der Waals surface area contributed by atoms with E-state index in [2.05, 4.69) is 77.3 Å². The third-order valence-electron chi connectivity index (χ3n) is 3.99. The zero-order valence-electron chi connectivity index (χ0n) is 18.0. The molecule has 2 aromatic rings. The minimum absolute atomic E-state index is 0. The largest absolute Gasteiger partial charge is 0.339 e. The fourth-order valence-electron chi connectivity index (χ4n) is 2.90. The first-order chi connectivity index (χ1) is 11.2. The molecule has 148 valence electrons. The summed E-state index contributed by atoms with van der Waals surface area (Å²) < 4.78 is 0. The van der Waals surface area contributed by atoms with E-state index in [0.29, 0.717) is 0 Å². The Morgan fingerprint density at radius 1 is 0.677 bits per heavy atom. The van der Waals surface area contributed by atoms with Crippen molar-refractivity contribution >= 4 is 42.4 Å². The SMILES string of the molecule is [CH2-]Cc1cccc(CP)c1-c1c(C[CH2-])cccc1CP(P)PP.[Y].[Y].[Y].[Y].[Y].[Y].[Y].[Y]. The molecule has 0 saturated carbocycles. The van der Waals surface area contributed by atoms with Gasteiger partial charge < -0.3 is 13.8 Å². The molecule has 0 fully saturated rings. The van der Waals surface area contributed by atoms with Gasteiger partial charge in [-0.1, -0.05) is 62.8 Å². The summed E-state index contributed by atoms with van der Waals surface area (Å²) in [5.74, 6) is 0. The Kier molecular flexibility index (Phi) is 61.5. The molecule has 13 heteroatoms. The average Bonchev–Trinajstić information content (AvgIpc) is 2.60. The van der Waals surface area contributed by atoms with E-state index in [9.17, 15) is 0 Å². The molecule has 0 spiro atoms. The molecular formula is C18H25P5Y8-2. The van der Waals surface area contributed by atoms with Gasteiger partial charge in [0.1, 0.15) is 0 Å². The summed E-state index contributed by atoms with van der Waals surface area (Å²) in [6.45, 7) is 8.33. The van der Waals surface area contributed by atoms with Crippen molar-refractivity contribution in [3.8, 4) is 11.1 Å². The van der Waals surface area contributed by atoms with E-state index in [0.717, 1.165) is 33.1 Å². The maximum atomic E-state index is 4.17. The first-order valence-corrected chi connectivity index (χ1v) is 15.3. The quantitative estimate of drug-likeness (QED) is 0.217. The third kappa shape index (κ3) is 19.3. The molecule has 5 atom stereocenters. The molecule has 0 aliphatic carbocycles. The molecule has 5 unspecified atom stereocenters. The van der Waals surface area contributed by atoms with Crippen molar-refractivity contribution in [2.24, 2.45) is 0 Å². The van der Waals surface area contributed by atoms with E-state index < -0.39 is 0 Å². The van der Waals surface area contributed by atoms with Crippen molar-refractivity contribution in [2.75, 3.05) is 0 Å². The van der Waals surface area contributed by atoms with Gasteiger partial charge in [0, 0.05) is 268 Å². The molecule has 0 heterocycles. The van der Waals surface area contributed by atoms with Gasteiger partial charge in [-0.25, -0.2) is 0 Å². The second-order valence-electron chi connectivity index (χ2n) is 5.36. The molecule has 0 aliphatic heterocycles. The first kappa shape index (κ1) is 56.2. The smallest absolute Gasteiger partial charge is 0.000652 e. The zero-order valence-corrected chi connectivity index (χ0v) is 46.1. The van der Waals surface area contributed by atoms with E-state index in [1.165, 1.54) is 33.4 Å². The number of benzene rings is 2. The number of hydrogen-bond acceptors (Lipinski definition) is 0. The molecule has 0 amide bonds. The van der Waals surface area contributed by atoms with E-state index in [-0.39, 0.29) is 269 Å². The summed E-state index contributed by atoms with van der Waals surface area (Å²) >= 11 is 0. The standard InChI is InChI=1S/C18H25P5.8Y/c1-3-13-7-5-9-15(11-19)17(13)18-14(4-2)8-6-10-16(18)12-23(21)22-20;;;;;;;;/h5-10,22H,1-4,11-12,19-21H2;;;;;;;;/q-2;;;;;;;;. The van der Waals surface area contributed by atoms with E-state index in [1.54, 1.807) is 0 Å². The van der Waals surface area contributed by atoms with Crippen LogP contribution in [0.15, 0.2) is 36.4 Å². The van der Waals surface area contributed by atoms with Crippen molar-refractivity contribution < 1.29 is 262 Å². The van der Waals surface area contributed by atoms with Crippen LogP contribution in [0.5, 0.6) is 0 Å². The Hall–Kier alpha value is 9.42. The van der Waals surface area contributed by atoms with Gasteiger partial charge >= 0.3 is 0 Å². The molecule has 8 radical (unpaired) electrons. The van der Waals surface area contributed by atoms with Gasteiger partial charge in [0.2, 0.25) is 0 Å². The van der Waals surface area contributed by atoms with E-state index in [1.807, 2.05) is 0 Å². The second kappa shape index (κ2) is 33.9. The van der Waals surface area contributed by atoms with E-state index >= 15 is 0 Å². The van der Waals surface area contributed by atoms with Crippen LogP contribution in [0.4, 0.5) is 0 Å². The molecule has 0 nitrogen and oxygen atoms in total.